The average molecular weight is 275 g/mol. The van der Waals surface area contributed by atoms with Gasteiger partial charge in [0.25, 0.3) is 0 Å². The van der Waals surface area contributed by atoms with E-state index in [1.807, 2.05) is 0 Å². The molecule has 2 aromatic heterocycles. The molecule has 5 nitrogen and oxygen atoms in total. The molecule has 20 heavy (non-hydrogen) atoms. The van der Waals surface area contributed by atoms with E-state index in [0.717, 1.165) is 25.5 Å². The molecule has 0 spiro atoms. The number of carbonyl (C=O) groups is 1. The van der Waals surface area contributed by atoms with Crippen LogP contribution < -0.4 is 0 Å². The van der Waals surface area contributed by atoms with Crippen LogP contribution in [0.2, 0.25) is 0 Å². The van der Waals surface area contributed by atoms with Crippen molar-refractivity contribution in [2.45, 2.75) is 32.1 Å². The number of nitrogens with zero attached hydrogens (tertiary/aromatic N) is 3. The Morgan fingerprint density at radius 1 is 1.35 bits per heavy atom. The van der Waals surface area contributed by atoms with Crippen molar-refractivity contribution in [1.82, 2.24) is 15.1 Å². The van der Waals surface area contributed by atoms with E-state index in [0.29, 0.717) is 30.3 Å². The second kappa shape index (κ2) is 5.48. The standard InChI is InChI=1S/C14H14FN3O2/c15-10-5-6-11(16-8-10)14-17-13(20-18-14)7-9-3-1-2-4-12(9)19/h5-6,8-9H,1-4,7H2. The van der Waals surface area contributed by atoms with Crippen molar-refractivity contribution >= 4 is 5.78 Å². The van der Waals surface area contributed by atoms with Crippen molar-refractivity contribution in [3.8, 4) is 11.5 Å². The fourth-order valence-electron chi connectivity index (χ4n) is 2.43. The maximum absolute atomic E-state index is 12.8. The average Bonchev–Trinajstić information content (AvgIpc) is 2.91. The van der Waals surface area contributed by atoms with Crippen LogP contribution in [0.5, 0.6) is 0 Å². The second-order valence-corrected chi connectivity index (χ2v) is 4.99. The monoisotopic (exact) mass is 275 g/mol. The molecule has 1 atom stereocenters. The quantitative estimate of drug-likeness (QED) is 0.861. The van der Waals surface area contributed by atoms with Crippen molar-refractivity contribution in [2.24, 2.45) is 5.92 Å². The van der Waals surface area contributed by atoms with Crippen molar-refractivity contribution in [3.05, 3.63) is 30.0 Å². The fraction of sp³-hybridized carbons (Fsp3) is 0.429. The molecule has 0 N–H and O–H groups in total. The highest BCUT2D eigenvalue weighted by Gasteiger charge is 2.24. The highest BCUT2D eigenvalue weighted by Crippen LogP contribution is 2.24. The van der Waals surface area contributed by atoms with E-state index in [9.17, 15) is 9.18 Å². The molecule has 1 aliphatic carbocycles. The Kier molecular flexibility index (Phi) is 3.54. The fourth-order valence-corrected chi connectivity index (χ4v) is 2.43. The predicted molar refractivity (Wildman–Crippen MR) is 68.2 cm³/mol. The van der Waals surface area contributed by atoms with Crippen LogP contribution in [0.3, 0.4) is 0 Å². The summed E-state index contributed by atoms with van der Waals surface area (Å²) < 4.78 is 17.9. The minimum atomic E-state index is -0.412. The Morgan fingerprint density at radius 3 is 3.00 bits per heavy atom. The maximum atomic E-state index is 12.8. The van der Waals surface area contributed by atoms with Gasteiger partial charge in [0.05, 0.1) is 6.20 Å². The van der Waals surface area contributed by atoms with Gasteiger partial charge in [0, 0.05) is 18.8 Å². The Hall–Kier alpha value is -2.11. The molecule has 1 aliphatic rings. The first kappa shape index (κ1) is 12.9. The molecule has 0 saturated heterocycles. The number of aromatic nitrogens is 3. The van der Waals surface area contributed by atoms with E-state index in [1.165, 1.54) is 12.1 Å². The Morgan fingerprint density at radius 2 is 2.25 bits per heavy atom. The zero-order chi connectivity index (χ0) is 13.9. The van der Waals surface area contributed by atoms with Gasteiger partial charge in [0.1, 0.15) is 17.3 Å². The van der Waals surface area contributed by atoms with E-state index in [4.69, 9.17) is 4.52 Å². The number of halogens is 1. The topological polar surface area (TPSA) is 68.9 Å². The summed E-state index contributed by atoms with van der Waals surface area (Å²) in [6.45, 7) is 0. The lowest BCUT2D eigenvalue weighted by molar-refractivity contribution is -0.124. The number of pyridine rings is 1. The lowest BCUT2D eigenvalue weighted by Gasteiger charge is -2.18. The van der Waals surface area contributed by atoms with Crippen molar-refractivity contribution in [1.29, 1.82) is 0 Å². The van der Waals surface area contributed by atoms with Crippen molar-refractivity contribution < 1.29 is 13.7 Å². The molecule has 6 heteroatoms. The van der Waals surface area contributed by atoms with Crippen LogP contribution in [0.15, 0.2) is 22.9 Å². The largest absolute Gasteiger partial charge is 0.339 e. The van der Waals surface area contributed by atoms with Gasteiger partial charge in [-0.1, -0.05) is 11.6 Å². The van der Waals surface area contributed by atoms with Gasteiger partial charge < -0.3 is 4.52 Å². The third kappa shape index (κ3) is 2.74. The molecule has 1 unspecified atom stereocenters. The number of ketones is 1. The lowest BCUT2D eigenvalue weighted by atomic mass is 9.86. The molecular weight excluding hydrogens is 261 g/mol. The van der Waals surface area contributed by atoms with E-state index in [2.05, 4.69) is 15.1 Å². The minimum absolute atomic E-state index is 0.0155. The minimum Gasteiger partial charge on any atom is -0.339 e. The summed E-state index contributed by atoms with van der Waals surface area (Å²) in [7, 11) is 0. The van der Waals surface area contributed by atoms with Gasteiger partial charge in [0.15, 0.2) is 0 Å². The molecular formula is C14H14FN3O2. The Labute approximate surface area is 115 Å². The van der Waals surface area contributed by atoms with Gasteiger partial charge in [-0.05, 0) is 25.0 Å². The second-order valence-electron chi connectivity index (χ2n) is 4.99. The van der Waals surface area contributed by atoms with E-state index in [1.54, 1.807) is 0 Å². The molecule has 0 aromatic carbocycles. The summed E-state index contributed by atoms with van der Waals surface area (Å²) in [6.07, 6.45) is 5.15. The summed E-state index contributed by atoms with van der Waals surface area (Å²) in [4.78, 5) is 19.9. The molecule has 3 rings (SSSR count). The highest BCUT2D eigenvalue weighted by molar-refractivity contribution is 5.81. The van der Waals surface area contributed by atoms with Crippen molar-refractivity contribution in [3.63, 3.8) is 0 Å². The number of carbonyl (C=O) groups excluding carboxylic acids is 1. The molecule has 1 saturated carbocycles. The van der Waals surface area contributed by atoms with Gasteiger partial charge in [-0.25, -0.2) is 9.37 Å². The summed E-state index contributed by atoms with van der Waals surface area (Å²) in [5, 5.41) is 3.82. The number of hydrogen-bond acceptors (Lipinski definition) is 5. The molecule has 0 bridgehead atoms. The Bertz CT molecular complexity index is 609. The summed E-state index contributed by atoms with van der Waals surface area (Å²) in [5.74, 6) is 0.606. The van der Waals surface area contributed by atoms with Crippen LogP contribution in [-0.2, 0) is 11.2 Å². The normalized spacial score (nSPS) is 19.2. The first-order chi connectivity index (χ1) is 9.72. The first-order valence-corrected chi connectivity index (χ1v) is 6.69. The zero-order valence-corrected chi connectivity index (χ0v) is 10.9. The zero-order valence-electron chi connectivity index (χ0n) is 10.9. The lowest BCUT2D eigenvalue weighted by Crippen LogP contribution is -2.21. The molecule has 2 aromatic rings. The molecule has 0 amide bonds. The third-order valence-corrected chi connectivity index (χ3v) is 3.53. The number of Topliss-reactive ketones (excluding diaryl/α,β-unsaturated/α-hetero) is 1. The van der Waals surface area contributed by atoms with E-state index in [-0.39, 0.29) is 11.7 Å². The van der Waals surface area contributed by atoms with Gasteiger partial charge in [-0.2, -0.15) is 4.98 Å². The van der Waals surface area contributed by atoms with Crippen LogP contribution in [0, 0.1) is 11.7 Å². The van der Waals surface area contributed by atoms with Crippen LogP contribution in [-0.4, -0.2) is 20.9 Å². The van der Waals surface area contributed by atoms with Crippen molar-refractivity contribution in [2.75, 3.05) is 0 Å². The SMILES string of the molecule is O=C1CCCCC1Cc1nc(-c2ccc(F)cn2)no1. The molecule has 1 fully saturated rings. The predicted octanol–water partition coefficient (Wildman–Crippen LogP) is 2.57. The van der Waals surface area contributed by atoms with Crippen LogP contribution in [0.4, 0.5) is 4.39 Å². The van der Waals surface area contributed by atoms with Gasteiger partial charge in [0.2, 0.25) is 11.7 Å². The smallest absolute Gasteiger partial charge is 0.227 e. The third-order valence-electron chi connectivity index (χ3n) is 3.53. The number of rotatable bonds is 3. The molecule has 104 valence electrons. The van der Waals surface area contributed by atoms with Gasteiger partial charge in [-0.15, -0.1) is 0 Å². The van der Waals surface area contributed by atoms with Crippen LogP contribution in [0.25, 0.3) is 11.5 Å². The maximum Gasteiger partial charge on any atom is 0.227 e. The van der Waals surface area contributed by atoms with E-state index >= 15 is 0 Å². The van der Waals surface area contributed by atoms with Gasteiger partial charge >= 0.3 is 0 Å². The summed E-state index contributed by atoms with van der Waals surface area (Å²) in [6, 6.07) is 2.79. The van der Waals surface area contributed by atoms with Crippen LogP contribution >= 0.6 is 0 Å². The van der Waals surface area contributed by atoms with E-state index < -0.39 is 5.82 Å². The first-order valence-electron chi connectivity index (χ1n) is 6.69. The molecule has 0 aliphatic heterocycles. The van der Waals surface area contributed by atoms with Crippen LogP contribution in [0.1, 0.15) is 31.6 Å². The molecule has 0 radical (unpaired) electrons. The Balaban J connectivity index is 1.73. The molecule has 2 heterocycles. The number of hydrogen-bond donors (Lipinski definition) is 0. The summed E-state index contributed by atoms with van der Waals surface area (Å²) in [5.41, 5.74) is 0.455. The highest BCUT2D eigenvalue weighted by atomic mass is 19.1. The van der Waals surface area contributed by atoms with Gasteiger partial charge in [-0.3, -0.25) is 4.79 Å². The summed E-state index contributed by atoms with van der Waals surface area (Å²) >= 11 is 0.